The number of carbonyl (C=O) groups excluding carboxylic acids is 1. The molecule has 0 spiro atoms. The van der Waals surface area contributed by atoms with E-state index in [-0.39, 0.29) is 5.91 Å². The molecule has 52 valence electrons. The first kappa shape index (κ1) is 6.55. The molecule has 0 unspecified atom stereocenters. The van der Waals surface area contributed by atoms with Crippen LogP contribution in [0.3, 0.4) is 0 Å². The molecule has 1 saturated heterocycles. The van der Waals surface area contributed by atoms with Gasteiger partial charge in [0.15, 0.2) is 0 Å². The molecular weight excluding hydrogens is 118 g/mol. The molecular formula is C6H11NO2. The first-order chi connectivity index (χ1) is 4.02. The van der Waals surface area contributed by atoms with Crippen molar-refractivity contribution >= 4 is 5.91 Å². The molecule has 0 aliphatic carbocycles. The molecule has 1 aliphatic heterocycles. The van der Waals surface area contributed by atoms with Crippen molar-refractivity contribution in [3.63, 3.8) is 0 Å². The molecule has 1 amide bonds. The zero-order chi connectivity index (χ0) is 7.07. The molecule has 1 fully saturated rings. The number of hydrogen-bond donors (Lipinski definition) is 1. The lowest BCUT2D eigenvalue weighted by atomic mass is 10.1. The van der Waals surface area contributed by atoms with Gasteiger partial charge in [0.1, 0.15) is 5.72 Å². The van der Waals surface area contributed by atoms with E-state index in [2.05, 4.69) is 0 Å². The van der Waals surface area contributed by atoms with E-state index in [4.69, 9.17) is 0 Å². The van der Waals surface area contributed by atoms with Crippen molar-refractivity contribution in [2.24, 2.45) is 0 Å². The number of hydrogen-bond acceptors (Lipinski definition) is 2. The number of carbonyl (C=O) groups is 1. The summed E-state index contributed by atoms with van der Waals surface area (Å²) in [6.07, 6.45) is 0.587. The van der Waals surface area contributed by atoms with Gasteiger partial charge in [-0.05, 0) is 13.8 Å². The van der Waals surface area contributed by atoms with Crippen LogP contribution in [0.25, 0.3) is 0 Å². The fourth-order valence-electron chi connectivity index (χ4n) is 0.894. The van der Waals surface area contributed by atoms with Crippen LogP contribution in [0.2, 0.25) is 0 Å². The normalized spacial score (nSPS) is 19.9. The van der Waals surface area contributed by atoms with E-state index in [1.165, 1.54) is 4.90 Å². The Morgan fingerprint density at radius 3 is 2.22 bits per heavy atom. The van der Waals surface area contributed by atoms with Crippen LogP contribution in [-0.2, 0) is 4.79 Å². The third kappa shape index (κ3) is 1.05. The number of amides is 1. The maximum absolute atomic E-state index is 10.6. The highest BCUT2D eigenvalue weighted by molar-refractivity contribution is 5.82. The second kappa shape index (κ2) is 1.70. The van der Waals surface area contributed by atoms with Gasteiger partial charge in [-0.15, -0.1) is 0 Å². The van der Waals surface area contributed by atoms with Crippen LogP contribution in [0.5, 0.6) is 0 Å². The fraction of sp³-hybridized carbons (Fsp3) is 0.833. The minimum Gasteiger partial charge on any atom is -0.371 e. The van der Waals surface area contributed by atoms with Crippen LogP contribution in [0.15, 0.2) is 0 Å². The van der Waals surface area contributed by atoms with Gasteiger partial charge >= 0.3 is 0 Å². The number of aliphatic hydroxyl groups is 1. The monoisotopic (exact) mass is 129 g/mol. The van der Waals surface area contributed by atoms with Crippen molar-refractivity contribution in [3.05, 3.63) is 0 Å². The summed E-state index contributed by atoms with van der Waals surface area (Å²) < 4.78 is 0. The lowest BCUT2D eigenvalue weighted by Gasteiger charge is -2.40. The second-order valence-electron chi connectivity index (χ2n) is 2.79. The predicted molar refractivity (Wildman–Crippen MR) is 32.6 cm³/mol. The molecule has 0 aromatic heterocycles. The first-order valence-corrected chi connectivity index (χ1v) is 3.04. The van der Waals surface area contributed by atoms with Gasteiger partial charge in [-0.3, -0.25) is 4.79 Å². The fourth-order valence-corrected chi connectivity index (χ4v) is 0.894. The van der Waals surface area contributed by atoms with Crippen molar-refractivity contribution in [3.8, 4) is 0 Å². The highest BCUT2D eigenvalue weighted by Crippen LogP contribution is 2.19. The third-order valence-electron chi connectivity index (χ3n) is 1.51. The quantitative estimate of drug-likeness (QED) is 0.504. The third-order valence-corrected chi connectivity index (χ3v) is 1.51. The predicted octanol–water partition coefficient (Wildman–Crippen LogP) is -0.0529. The number of rotatable bonds is 1. The van der Waals surface area contributed by atoms with Crippen LogP contribution in [-0.4, -0.2) is 28.2 Å². The van der Waals surface area contributed by atoms with Gasteiger partial charge in [0, 0.05) is 13.0 Å². The van der Waals surface area contributed by atoms with Gasteiger partial charge in [-0.25, -0.2) is 0 Å². The molecule has 1 aliphatic rings. The minimum atomic E-state index is -0.949. The van der Waals surface area contributed by atoms with E-state index in [0.29, 0.717) is 13.0 Å². The molecule has 1 heterocycles. The molecule has 0 radical (unpaired) electrons. The van der Waals surface area contributed by atoms with E-state index in [0.717, 1.165) is 0 Å². The van der Waals surface area contributed by atoms with Crippen LogP contribution >= 0.6 is 0 Å². The Hall–Kier alpha value is -0.570. The van der Waals surface area contributed by atoms with Gasteiger partial charge in [0.2, 0.25) is 5.91 Å². The Morgan fingerprint density at radius 2 is 2.22 bits per heavy atom. The van der Waals surface area contributed by atoms with Crippen LogP contribution < -0.4 is 0 Å². The zero-order valence-corrected chi connectivity index (χ0v) is 5.72. The highest BCUT2D eigenvalue weighted by atomic mass is 16.3. The summed E-state index contributed by atoms with van der Waals surface area (Å²) in [5.74, 6) is 0.0440. The summed E-state index contributed by atoms with van der Waals surface area (Å²) in [4.78, 5) is 12.1. The Bertz CT molecular complexity index is 136. The molecule has 0 saturated carbocycles. The van der Waals surface area contributed by atoms with Crippen molar-refractivity contribution in [2.45, 2.75) is 26.0 Å². The Morgan fingerprint density at radius 1 is 1.67 bits per heavy atom. The average molecular weight is 129 g/mol. The van der Waals surface area contributed by atoms with E-state index in [1.807, 2.05) is 0 Å². The summed E-state index contributed by atoms with van der Waals surface area (Å²) in [6, 6.07) is 0. The van der Waals surface area contributed by atoms with E-state index >= 15 is 0 Å². The Kier molecular flexibility index (Phi) is 1.24. The van der Waals surface area contributed by atoms with Gasteiger partial charge in [0.05, 0.1) is 0 Å². The lowest BCUT2D eigenvalue weighted by Crippen LogP contribution is -2.55. The summed E-state index contributed by atoms with van der Waals surface area (Å²) >= 11 is 0. The van der Waals surface area contributed by atoms with Crippen LogP contribution in [0, 0.1) is 0 Å². The van der Waals surface area contributed by atoms with Crippen molar-refractivity contribution in [1.29, 1.82) is 0 Å². The second-order valence-corrected chi connectivity index (χ2v) is 2.79. The van der Waals surface area contributed by atoms with Crippen molar-refractivity contribution in [2.75, 3.05) is 6.54 Å². The van der Waals surface area contributed by atoms with Gasteiger partial charge < -0.3 is 10.0 Å². The highest BCUT2D eigenvalue weighted by Gasteiger charge is 2.34. The smallest absolute Gasteiger partial charge is 0.226 e. The van der Waals surface area contributed by atoms with E-state index < -0.39 is 5.72 Å². The maximum Gasteiger partial charge on any atom is 0.226 e. The Balaban J connectivity index is 2.54. The molecule has 0 atom stereocenters. The summed E-state index contributed by atoms with van der Waals surface area (Å²) in [7, 11) is 0. The van der Waals surface area contributed by atoms with Gasteiger partial charge in [-0.1, -0.05) is 0 Å². The topological polar surface area (TPSA) is 40.5 Å². The zero-order valence-electron chi connectivity index (χ0n) is 5.72. The van der Waals surface area contributed by atoms with Crippen molar-refractivity contribution < 1.29 is 9.90 Å². The standard InChI is InChI=1S/C6H11NO2/c1-6(2,9)7-4-3-5(7)8/h9H,3-4H2,1-2H3. The molecule has 0 aromatic carbocycles. The number of likely N-dealkylation sites (tertiary alicyclic amines) is 1. The van der Waals surface area contributed by atoms with Crippen LogP contribution in [0.1, 0.15) is 20.3 Å². The summed E-state index contributed by atoms with van der Waals surface area (Å²) in [5, 5.41) is 9.21. The minimum absolute atomic E-state index is 0.0440. The summed E-state index contributed by atoms with van der Waals surface area (Å²) in [6.45, 7) is 3.93. The molecule has 0 bridgehead atoms. The molecule has 3 nitrogen and oxygen atoms in total. The summed E-state index contributed by atoms with van der Waals surface area (Å²) in [5.41, 5.74) is -0.949. The first-order valence-electron chi connectivity index (χ1n) is 3.04. The number of nitrogens with zero attached hydrogens (tertiary/aromatic N) is 1. The van der Waals surface area contributed by atoms with Crippen molar-refractivity contribution in [1.82, 2.24) is 4.90 Å². The van der Waals surface area contributed by atoms with Gasteiger partial charge in [0.25, 0.3) is 0 Å². The van der Waals surface area contributed by atoms with E-state index in [1.54, 1.807) is 13.8 Å². The number of β-lactam (4-membered cyclic amide) rings is 1. The lowest BCUT2D eigenvalue weighted by molar-refractivity contribution is -0.167. The molecule has 0 aromatic rings. The maximum atomic E-state index is 10.6. The Labute approximate surface area is 54.3 Å². The largest absolute Gasteiger partial charge is 0.371 e. The molecule has 1 rings (SSSR count). The van der Waals surface area contributed by atoms with Crippen LogP contribution in [0.4, 0.5) is 0 Å². The van der Waals surface area contributed by atoms with Gasteiger partial charge in [-0.2, -0.15) is 0 Å². The molecule has 3 heteroatoms. The average Bonchev–Trinajstić information content (AvgIpc) is 1.57. The SMILES string of the molecule is CC(C)(O)N1CCC1=O. The van der Waals surface area contributed by atoms with E-state index in [9.17, 15) is 9.90 Å². The molecule has 1 N–H and O–H groups in total. The molecule has 9 heavy (non-hydrogen) atoms.